The molecule has 3 rings (SSSR count). The minimum atomic E-state index is -0.591. The maximum absolute atomic E-state index is 12.2. The van der Waals surface area contributed by atoms with Crippen LogP contribution < -0.4 is 10.9 Å². The van der Waals surface area contributed by atoms with Crippen LogP contribution in [0.15, 0.2) is 65.7 Å². The van der Waals surface area contributed by atoms with Gasteiger partial charge in [-0.15, -0.1) is 0 Å². The highest BCUT2D eigenvalue weighted by atomic mass is 35.5. The van der Waals surface area contributed by atoms with Crippen molar-refractivity contribution in [3.63, 3.8) is 0 Å². The summed E-state index contributed by atoms with van der Waals surface area (Å²) in [5, 5.41) is 13.3. The molecule has 1 heterocycles. The van der Waals surface area contributed by atoms with Crippen molar-refractivity contribution in [2.75, 3.05) is 6.54 Å². The molecule has 1 amide bonds. The zero-order valence-electron chi connectivity index (χ0n) is 14.5. The van der Waals surface area contributed by atoms with Crippen LogP contribution in [0.2, 0.25) is 5.02 Å². The molecule has 8 nitrogen and oxygen atoms in total. The number of carbonyl (C=O) groups excluding carboxylic acids is 1. The van der Waals surface area contributed by atoms with Gasteiger partial charge in [0, 0.05) is 36.9 Å². The number of hydrogen-bond acceptors (Lipinski definition) is 5. The summed E-state index contributed by atoms with van der Waals surface area (Å²) in [5.41, 5.74) is 1.10. The van der Waals surface area contributed by atoms with E-state index >= 15 is 0 Å². The summed E-state index contributed by atoms with van der Waals surface area (Å²) in [5.74, 6) is -0.484. The lowest BCUT2D eigenvalue weighted by Gasteiger charge is -2.09. The van der Waals surface area contributed by atoms with E-state index in [0.717, 1.165) is 11.6 Å². The van der Waals surface area contributed by atoms with Crippen molar-refractivity contribution in [3.05, 3.63) is 92.0 Å². The summed E-state index contributed by atoms with van der Waals surface area (Å²) in [6, 6.07) is 14.4. The SMILES string of the molecule is O=C(NCCn1cnc(-c2ccccc2)cc1=O)c1ccc([N+](=O)[O-])cc1Cl. The molecule has 1 aromatic heterocycles. The number of benzene rings is 2. The fraction of sp³-hybridized carbons (Fsp3) is 0.105. The Morgan fingerprint density at radius 2 is 1.93 bits per heavy atom. The number of non-ortho nitro benzene ring substituents is 1. The van der Waals surface area contributed by atoms with Crippen LogP contribution in [-0.4, -0.2) is 26.9 Å². The van der Waals surface area contributed by atoms with Crippen LogP contribution in [0.1, 0.15) is 10.4 Å². The van der Waals surface area contributed by atoms with Gasteiger partial charge in [0.2, 0.25) is 0 Å². The van der Waals surface area contributed by atoms with Crippen LogP contribution in [0, 0.1) is 10.1 Å². The molecule has 0 saturated carbocycles. The molecular formula is C19H15ClN4O4. The smallest absolute Gasteiger partial charge is 0.270 e. The van der Waals surface area contributed by atoms with E-state index in [-0.39, 0.29) is 34.9 Å². The third-order valence-electron chi connectivity index (χ3n) is 4.00. The number of halogens is 1. The summed E-state index contributed by atoms with van der Waals surface area (Å²) in [6.07, 6.45) is 1.43. The Morgan fingerprint density at radius 1 is 1.18 bits per heavy atom. The van der Waals surface area contributed by atoms with Gasteiger partial charge in [0.15, 0.2) is 0 Å². The number of nitro groups is 1. The highest BCUT2D eigenvalue weighted by Gasteiger charge is 2.14. The zero-order chi connectivity index (χ0) is 20.1. The average Bonchev–Trinajstić information content (AvgIpc) is 2.69. The molecule has 0 saturated heterocycles. The molecule has 0 radical (unpaired) electrons. The van der Waals surface area contributed by atoms with Gasteiger partial charge < -0.3 is 5.32 Å². The molecule has 0 spiro atoms. The maximum atomic E-state index is 12.2. The van der Waals surface area contributed by atoms with Gasteiger partial charge in [-0.1, -0.05) is 41.9 Å². The third kappa shape index (κ3) is 4.41. The van der Waals surface area contributed by atoms with Gasteiger partial charge in [-0.3, -0.25) is 24.3 Å². The Bertz CT molecular complexity index is 1080. The van der Waals surface area contributed by atoms with Crippen molar-refractivity contribution in [2.45, 2.75) is 6.54 Å². The van der Waals surface area contributed by atoms with Crippen LogP contribution in [0.5, 0.6) is 0 Å². The van der Waals surface area contributed by atoms with Crippen molar-refractivity contribution in [1.29, 1.82) is 0 Å². The summed E-state index contributed by atoms with van der Waals surface area (Å²) < 4.78 is 1.38. The largest absolute Gasteiger partial charge is 0.350 e. The first-order valence-electron chi connectivity index (χ1n) is 8.30. The van der Waals surface area contributed by atoms with E-state index in [1.54, 1.807) is 0 Å². The standard InChI is InChI=1S/C19H15ClN4O4/c20-16-10-14(24(27)28)6-7-15(16)19(26)21-8-9-23-12-22-17(11-18(23)25)13-4-2-1-3-5-13/h1-7,10-12H,8-9H2,(H,21,26). The summed E-state index contributed by atoms with van der Waals surface area (Å²) >= 11 is 5.93. The van der Waals surface area contributed by atoms with E-state index in [9.17, 15) is 19.7 Å². The van der Waals surface area contributed by atoms with Gasteiger partial charge in [0.1, 0.15) is 0 Å². The lowest BCUT2D eigenvalue weighted by atomic mass is 10.1. The number of nitrogens with one attached hydrogen (secondary N) is 1. The molecule has 0 aliphatic heterocycles. The second-order valence-corrected chi connectivity index (χ2v) is 6.26. The molecule has 0 unspecified atom stereocenters. The zero-order valence-corrected chi connectivity index (χ0v) is 15.3. The Balaban J connectivity index is 1.63. The van der Waals surface area contributed by atoms with Crippen LogP contribution in [0.25, 0.3) is 11.3 Å². The molecule has 142 valence electrons. The summed E-state index contributed by atoms with van der Waals surface area (Å²) in [4.78, 5) is 38.8. The first-order valence-corrected chi connectivity index (χ1v) is 8.67. The molecule has 1 N–H and O–H groups in total. The summed E-state index contributed by atoms with van der Waals surface area (Å²) in [6.45, 7) is 0.385. The van der Waals surface area contributed by atoms with E-state index in [4.69, 9.17) is 11.6 Å². The quantitative estimate of drug-likeness (QED) is 0.507. The van der Waals surface area contributed by atoms with Gasteiger partial charge in [0.25, 0.3) is 17.2 Å². The fourth-order valence-electron chi connectivity index (χ4n) is 2.55. The first-order chi connectivity index (χ1) is 13.5. The molecule has 0 fully saturated rings. The number of carbonyl (C=O) groups is 1. The Hall–Kier alpha value is -3.52. The highest BCUT2D eigenvalue weighted by molar-refractivity contribution is 6.34. The van der Waals surface area contributed by atoms with Crippen molar-refractivity contribution >= 4 is 23.2 Å². The lowest BCUT2D eigenvalue weighted by Crippen LogP contribution is -2.31. The van der Waals surface area contributed by atoms with Crippen LogP contribution in [0.3, 0.4) is 0 Å². The van der Waals surface area contributed by atoms with E-state index in [2.05, 4.69) is 10.3 Å². The Morgan fingerprint density at radius 3 is 2.57 bits per heavy atom. The molecule has 0 atom stereocenters. The van der Waals surface area contributed by atoms with Crippen molar-refractivity contribution in [3.8, 4) is 11.3 Å². The van der Waals surface area contributed by atoms with E-state index in [1.165, 1.54) is 29.1 Å². The van der Waals surface area contributed by atoms with Gasteiger partial charge in [0.05, 0.1) is 27.5 Å². The number of hydrogen-bond donors (Lipinski definition) is 1. The van der Waals surface area contributed by atoms with Crippen molar-refractivity contribution in [2.24, 2.45) is 0 Å². The molecule has 0 bridgehead atoms. The normalized spacial score (nSPS) is 10.5. The number of rotatable bonds is 6. The Labute approximate surface area is 164 Å². The molecule has 3 aromatic rings. The predicted molar refractivity (Wildman–Crippen MR) is 104 cm³/mol. The molecular weight excluding hydrogens is 384 g/mol. The van der Waals surface area contributed by atoms with Crippen LogP contribution in [-0.2, 0) is 6.54 Å². The second kappa shape index (κ2) is 8.45. The van der Waals surface area contributed by atoms with Gasteiger partial charge in [-0.2, -0.15) is 0 Å². The molecule has 9 heteroatoms. The molecule has 28 heavy (non-hydrogen) atoms. The van der Waals surface area contributed by atoms with Crippen molar-refractivity contribution in [1.82, 2.24) is 14.9 Å². The monoisotopic (exact) mass is 398 g/mol. The van der Waals surface area contributed by atoms with E-state index in [0.29, 0.717) is 5.69 Å². The fourth-order valence-corrected chi connectivity index (χ4v) is 2.81. The molecule has 0 aliphatic carbocycles. The van der Waals surface area contributed by atoms with Gasteiger partial charge in [-0.25, -0.2) is 4.98 Å². The second-order valence-electron chi connectivity index (χ2n) is 5.85. The van der Waals surface area contributed by atoms with Crippen LogP contribution in [0.4, 0.5) is 5.69 Å². The summed E-state index contributed by atoms with van der Waals surface area (Å²) in [7, 11) is 0. The number of nitro benzene ring substituents is 1. The molecule has 2 aromatic carbocycles. The highest BCUT2D eigenvalue weighted by Crippen LogP contribution is 2.22. The average molecular weight is 399 g/mol. The lowest BCUT2D eigenvalue weighted by molar-refractivity contribution is -0.384. The maximum Gasteiger partial charge on any atom is 0.270 e. The van der Waals surface area contributed by atoms with E-state index in [1.807, 2.05) is 30.3 Å². The minimum Gasteiger partial charge on any atom is -0.350 e. The topological polar surface area (TPSA) is 107 Å². The van der Waals surface area contributed by atoms with Gasteiger partial charge in [-0.05, 0) is 6.07 Å². The minimum absolute atomic E-state index is 0.0160. The van der Waals surface area contributed by atoms with Crippen LogP contribution >= 0.6 is 11.6 Å². The van der Waals surface area contributed by atoms with Gasteiger partial charge >= 0.3 is 0 Å². The Kier molecular flexibility index (Phi) is 5.81. The first kappa shape index (κ1) is 19.2. The van der Waals surface area contributed by atoms with Crippen molar-refractivity contribution < 1.29 is 9.72 Å². The number of nitrogens with zero attached hydrogens (tertiary/aromatic N) is 3. The number of aromatic nitrogens is 2. The molecule has 0 aliphatic rings. The number of amides is 1. The predicted octanol–water partition coefficient (Wildman–Crippen LogP) is 2.90. The van der Waals surface area contributed by atoms with E-state index < -0.39 is 10.8 Å². The third-order valence-corrected chi connectivity index (χ3v) is 4.31.